The predicted octanol–water partition coefficient (Wildman–Crippen LogP) is 0.890. The van der Waals surface area contributed by atoms with E-state index in [1.165, 1.54) is 0 Å². The monoisotopic (exact) mass is 279 g/mol. The van der Waals surface area contributed by atoms with Crippen molar-refractivity contribution in [3.05, 3.63) is 29.8 Å². The van der Waals surface area contributed by atoms with Crippen LogP contribution >= 0.6 is 0 Å². The first-order chi connectivity index (χ1) is 6.68. The van der Waals surface area contributed by atoms with Gasteiger partial charge >= 0.3 is 0 Å². The molecule has 1 atom stereocenters. The number of nitrogens with zero attached hydrogens (tertiary/aromatic N) is 1. The van der Waals surface area contributed by atoms with Crippen LogP contribution in [0.5, 0.6) is 0 Å². The summed E-state index contributed by atoms with van der Waals surface area (Å²) in [5, 5.41) is 9.28. The fourth-order valence-corrected chi connectivity index (χ4v) is 1.58. The van der Waals surface area contributed by atoms with Crippen molar-refractivity contribution in [3.8, 4) is 0 Å². The maximum atomic E-state index is 11.5. The van der Waals surface area contributed by atoms with Crippen molar-refractivity contribution >= 4 is 11.6 Å². The number of anilines is 1. The number of carbonyl (C=O) groups excluding carboxylic acids is 1. The van der Waals surface area contributed by atoms with E-state index in [0.717, 1.165) is 11.3 Å². The first-order valence-electron chi connectivity index (χ1n) is 4.66. The Hall–Kier alpha value is -0.246. The predicted molar refractivity (Wildman–Crippen MR) is 53.0 cm³/mol. The second kappa shape index (κ2) is 5.19. The average Bonchev–Trinajstić information content (AvgIpc) is 2.50. The van der Waals surface area contributed by atoms with Crippen molar-refractivity contribution in [3.63, 3.8) is 0 Å². The number of benzene rings is 1. The third-order valence-electron chi connectivity index (χ3n) is 2.44. The van der Waals surface area contributed by atoms with Crippen molar-refractivity contribution in [2.45, 2.75) is 19.4 Å². The molecule has 0 aromatic heterocycles. The maximum Gasteiger partial charge on any atom is 0.244 e. The van der Waals surface area contributed by atoms with Gasteiger partial charge in [-0.1, -0.05) is 12.6 Å². The fourth-order valence-electron chi connectivity index (χ4n) is 1.58. The van der Waals surface area contributed by atoms with E-state index in [-0.39, 0.29) is 38.6 Å². The van der Waals surface area contributed by atoms with E-state index < -0.39 is 6.10 Å². The van der Waals surface area contributed by atoms with E-state index in [1.54, 1.807) is 11.0 Å². The van der Waals surface area contributed by atoms with Gasteiger partial charge in [0.25, 0.3) is 0 Å². The van der Waals surface area contributed by atoms with Gasteiger partial charge in [-0.25, -0.2) is 0 Å². The third kappa shape index (κ3) is 2.65. The van der Waals surface area contributed by atoms with Crippen LogP contribution in [0.2, 0.25) is 0 Å². The van der Waals surface area contributed by atoms with Gasteiger partial charge in [0, 0.05) is 39.3 Å². The first-order valence-corrected chi connectivity index (χ1v) is 4.66. The molecule has 0 saturated carbocycles. The molecule has 1 heterocycles. The van der Waals surface area contributed by atoms with Crippen LogP contribution in [0.25, 0.3) is 0 Å². The fraction of sp³-hybridized carbons (Fsp3) is 0.364. The van der Waals surface area contributed by atoms with Crippen molar-refractivity contribution in [1.82, 2.24) is 0 Å². The molecule has 15 heavy (non-hydrogen) atoms. The number of hydrogen-bond donors (Lipinski definition) is 1. The normalized spacial score (nSPS) is 20.3. The number of aryl methyl sites for hydroxylation is 1. The molecular formula is C11H12NO2Y-. The smallest absolute Gasteiger partial charge is 0.244 e. The van der Waals surface area contributed by atoms with Gasteiger partial charge in [-0.3, -0.25) is 4.79 Å². The largest absolute Gasteiger partial charge is 0.383 e. The molecule has 1 saturated heterocycles. The van der Waals surface area contributed by atoms with Crippen molar-refractivity contribution in [1.29, 1.82) is 0 Å². The van der Waals surface area contributed by atoms with Gasteiger partial charge in [-0.05, 0) is 6.42 Å². The van der Waals surface area contributed by atoms with E-state index in [1.807, 2.05) is 19.1 Å². The summed E-state index contributed by atoms with van der Waals surface area (Å²) in [5.74, 6) is -0.206. The molecule has 1 radical (unpaired) electrons. The van der Waals surface area contributed by atoms with E-state index in [9.17, 15) is 9.90 Å². The molecule has 1 fully saturated rings. The van der Waals surface area contributed by atoms with Crippen molar-refractivity contribution < 1.29 is 42.6 Å². The number of hydrogen-bond acceptors (Lipinski definition) is 2. The third-order valence-corrected chi connectivity index (χ3v) is 2.44. The molecule has 0 bridgehead atoms. The Morgan fingerprint density at radius 2 is 2.27 bits per heavy atom. The molecule has 1 N–H and O–H groups in total. The van der Waals surface area contributed by atoms with Gasteiger partial charge in [-0.2, -0.15) is 23.8 Å². The summed E-state index contributed by atoms with van der Waals surface area (Å²) in [7, 11) is 0. The molecule has 0 spiro atoms. The Morgan fingerprint density at radius 1 is 1.53 bits per heavy atom. The van der Waals surface area contributed by atoms with E-state index in [4.69, 9.17) is 0 Å². The number of aliphatic hydroxyl groups is 1. The minimum Gasteiger partial charge on any atom is -0.383 e. The van der Waals surface area contributed by atoms with Crippen LogP contribution in [0.15, 0.2) is 18.2 Å². The van der Waals surface area contributed by atoms with Crippen molar-refractivity contribution in [2.24, 2.45) is 0 Å². The van der Waals surface area contributed by atoms with Crippen LogP contribution < -0.4 is 4.90 Å². The molecular weight excluding hydrogens is 267 g/mol. The number of amides is 1. The standard InChI is InChI=1S/C11H12NO2.Y/c1-8-2-4-9(5-3-8)12-7-6-10(13)11(12)14;/h2,4-5,10,13H,6-7H2,1H3;/q-1;. The van der Waals surface area contributed by atoms with Gasteiger partial charge in [0.15, 0.2) is 0 Å². The molecule has 1 amide bonds. The summed E-state index contributed by atoms with van der Waals surface area (Å²) in [6.45, 7) is 2.54. The summed E-state index contributed by atoms with van der Waals surface area (Å²) in [6.07, 6.45) is -0.302. The molecule has 1 aromatic carbocycles. The number of carbonyl (C=O) groups is 1. The van der Waals surface area contributed by atoms with Gasteiger partial charge in [0.1, 0.15) is 6.10 Å². The van der Waals surface area contributed by atoms with Gasteiger partial charge in [0.2, 0.25) is 5.91 Å². The Balaban J connectivity index is 0.00000112. The summed E-state index contributed by atoms with van der Waals surface area (Å²) in [5.41, 5.74) is 1.86. The second-order valence-corrected chi connectivity index (χ2v) is 3.52. The number of aliphatic hydroxyl groups excluding tert-OH is 1. The van der Waals surface area contributed by atoms with Crippen LogP contribution in [0.1, 0.15) is 12.0 Å². The Bertz CT molecular complexity index is 350. The van der Waals surface area contributed by atoms with Crippen LogP contribution in [-0.4, -0.2) is 23.7 Å². The first kappa shape index (κ1) is 12.8. The molecule has 1 aliphatic rings. The molecule has 1 aliphatic heterocycles. The van der Waals surface area contributed by atoms with Crippen LogP contribution in [-0.2, 0) is 37.5 Å². The molecule has 1 aromatic rings. The summed E-state index contributed by atoms with van der Waals surface area (Å²) >= 11 is 0. The maximum absolute atomic E-state index is 11.5. The molecule has 3 nitrogen and oxygen atoms in total. The second-order valence-electron chi connectivity index (χ2n) is 3.52. The Morgan fingerprint density at radius 3 is 2.73 bits per heavy atom. The zero-order valence-electron chi connectivity index (χ0n) is 8.60. The van der Waals surface area contributed by atoms with E-state index >= 15 is 0 Å². The van der Waals surface area contributed by atoms with Crippen LogP contribution in [0.4, 0.5) is 5.69 Å². The molecule has 77 valence electrons. The summed E-state index contributed by atoms with van der Waals surface area (Å²) < 4.78 is 0. The topological polar surface area (TPSA) is 40.5 Å². The molecule has 1 unspecified atom stereocenters. The van der Waals surface area contributed by atoms with Gasteiger partial charge < -0.3 is 10.0 Å². The van der Waals surface area contributed by atoms with Gasteiger partial charge in [0.05, 0.1) is 0 Å². The quantitative estimate of drug-likeness (QED) is 0.776. The van der Waals surface area contributed by atoms with Crippen LogP contribution in [0.3, 0.4) is 0 Å². The number of rotatable bonds is 1. The van der Waals surface area contributed by atoms with Gasteiger partial charge in [-0.15, -0.1) is 6.07 Å². The van der Waals surface area contributed by atoms with Crippen LogP contribution in [0, 0.1) is 13.0 Å². The molecule has 0 aliphatic carbocycles. The van der Waals surface area contributed by atoms with E-state index in [2.05, 4.69) is 6.07 Å². The zero-order chi connectivity index (χ0) is 10.1. The summed E-state index contributed by atoms with van der Waals surface area (Å²) in [6, 6.07) is 8.61. The van der Waals surface area contributed by atoms with Crippen molar-refractivity contribution in [2.75, 3.05) is 11.4 Å². The van der Waals surface area contributed by atoms with E-state index in [0.29, 0.717) is 13.0 Å². The molecule has 4 heteroatoms. The Kier molecular flexibility index (Phi) is 4.44. The molecule has 2 rings (SSSR count). The Labute approximate surface area is 114 Å². The SMILES string of the molecule is Cc1[c-]cc(N2CCC(O)C2=O)cc1.[Y]. The minimum atomic E-state index is -0.823. The minimum absolute atomic E-state index is 0. The average molecular weight is 279 g/mol. The zero-order valence-corrected chi connectivity index (χ0v) is 11.4. The summed E-state index contributed by atoms with van der Waals surface area (Å²) in [4.78, 5) is 13.1.